The highest BCUT2D eigenvalue weighted by Crippen LogP contribution is 2.74. The van der Waals surface area contributed by atoms with E-state index in [1.807, 2.05) is 0 Å². The summed E-state index contributed by atoms with van der Waals surface area (Å²) < 4.78 is 0. The first-order valence-electron chi connectivity index (χ1n) is 13.8. The molecule has 0 bridgehead atoms. The molecule has 3 N–H and O–H groups in total. The summed E-state index contributed by atoms with van der Waals surface area (Å²) in [5.74, 6) is 0.452. The second kappa shape index (κ2) is 8.23. The van der Waals surface area contributed by atoms with Crippen LogP contribution in [0.5, 0.6) is 0 Å². The molecule has 4 aliphatic carbocycles. The summed E-state index contributed by atoms with van der Waals surface area (Å²) in [6.07, 6.45) is 4.40. The highest BCUT2D eigenvalue weighted by Gasteiger charge is 2.69. The van der Waals surface area contributed by atoms with Gasteiger partial charge in [-0.3, -0.25) is 9.59 Å². The topological polar surface area (TPSA) is 94.8 Å². The first-order valence-corrected chi connectivity index (χ1v) is 13.8. The van der Waals surface area contributed by atoms with Crippen LogP contribution in [0.15, 0.2) is 11.1 Å². The molecule has 4 aliphatic rings. The van der Waals surface area contributed by atoms with Crippen molar-refractivity contribution in [2.24, 2.45) is 39.4 Å². The van der Waals surface area contributed by atoms with Gasteiger partial charge in [0.25, 0.3) is 0 Å². The molecule has 0 aliphatic heterocycles. The molecule has 4 rings (SSSR count). The van der Waals surface area contributed by atoms with E-state index in [0.29, 0.717) is 24.5 Å². The average Bonchev–Trinajstić information content (AvgIpc) is 3.07. The largest absolute Gasteiger partial charge is 0.392 e. The Morgan fingerprint density at radius 3 is 2.31 bits per heavy atom. The maximum absolute atomic E-state index is 12.9. The lowest BCUT2D eigenvalue weighted by Gasteiger charge is -2.69. The molecule has 0 aromatic heterocycles. The minimum absolute atomic E-state index is 0.0261. The zero-order valence-electron chi connectivity index (χ0n) is 23.2. The number of allylic oxidation sites excluding steroid dienone is 1. The molecule has 35 heavy (non-hydrogen) atoms. The lowest BCUT2D eigenvalue weighted by Crippen LogP contribution is -2.65. The van der Waals surface area contributed by atoms with Crippen molar-refractivity contribution in [2.75, 3.05) is 0 Å². The van der Waals surface area contributed by atoms with Gasteiger partial charge in [0.2, 0.25) is 0 Å². The van der Waals surface area contributed by atoms with E-state index in [4.69, 9.17) is 0 Å². The number of aliphatic hydroxyl groups excluding tert-OH is 2. The van der Waals surface area contributed by atoms with E-state index >= 15 is 0 Å². The molecule has 0 radical (unpaired) electrons. The Bertz CT molecular complexity index is 941. The predicted octanol–water partition coefficient (Wildman–Crippen LogP) is 5.00. The molecule has 198 valence electrons. The van der Waals surface area contributed by atoms with Crippen molar-refractivity contribution in [1.82, 2.24) is 0 Å². The van der Waals surface area contributed by atoms with Gasteiger partial charge in [-0.2, -0.15) is 0 Å². The lowest BCUT2D eigenvalue weighted by molar-refractivity contribution is -0.208. The molecular formula is C30H48O5. The van der Waals surface area contributed by atoms with Gasteiger partial charge >= 0.3 is 0 Å². The van der Waals surface area contributed by atoms with E-state index in [2.05, 4.69) is 41.5 Å². The van der Waals surface area contributed by atoms with Crippen LogP contribution in [-0.2, 0) is 9.59 Å². The maximum Gasteiger partial charge on any atom is 0.164 e. The number of fused-ring (bicyclic) bond motifs is 5. The Morgan fingerprint density at radius 1 is 1.09 bits per heavy atom. The molecule has 3 fully saturated rings. The minimum Gasteiger partial charge on any atom is -0.392 e. The van der Waals surface area contributed by atoms with Crippen molar-refractivity contribution in [2.45, 2.75) is 125 Å². The molecule has 0 heterocycles. The summed E-state index contributed by atoms with van der Waals surface area (Å²) in [6, 6.07) is 0. The molecular weight excluding hydrogens is 440 g/mol. The van der Waals surface area contributed by atoms with Gasteiger partial charge in [0, 0.05) is 18.3 Å². The Balaban J connectivity index is 1.68. The molecule has 5 heteroatoms. The monoisotopic (exact) mass is 488 g/mol. The quantitative estimate of drug-likeness (QED) is 0.473. The molecule has 8 atom stereocenters. The van der Waals surface area contributed by atoms with E-state index in [0.717, 1.165) is 32.1 Å². The zero-order valence-corrected chi connectivity index (χ0v) is 23.2. The predicted molar refractivity (Wildman–Crippen MR) is 137 cm³/mol. The van der Waals surface area contributed by atoms with Gasteiger partial charge < -0.3 is 15.3 Å². The normalized spacial score (nSPS) is 42.7. The lowest BCUT2D eigenvalue weighted by atomic mass is 9.36. The fourth-order valence-electron chi connectivity index (χ4n) is 9.60. The van der Waals surface area contributed by atoms with Crippen molar-refractivity contribution >= 4 is 11.6 Å². The summed E-state index contributed by atoms with van der Waals surface area (Å²) in [4.78, 5) is 25.6. The summed E-state index contributed by atoms with van der Waals surface area (Å²) in [7, 11) is 0. The highest BCUT2D eigenvalue weighted by molar-refractivity contribution is 5.85. The minimum atomic E-state index is -1.45. The van der Waals surface area contributed by atoms with Gasteiger partial charge in [-0.15, -0.1) is 0 Å². The second-order valence-electron chi connectivity index (χ2n) is 14.4. The number of hydrogen-bond donors (Lipinski definition) is 3. The second-order valence-corrected chi connectivity index (χ2v) is 14.4. The van der Waals surface area contributed by atoms with Gasteiger partial charge in [-0.05, 0) is 86.4 Å². The highest BCUT2D eigenvalue weighted by atomic mass is 16.3. The van der Waals surface area contributed by atoms with Crippen LogP contribution in [0.4, 0.5) is 0 Å². The van der Waals surface area contributed by atoms with Crippen LogP contribution in [0, 0.1) is 39.4 Å². The van der Waals surface area contributed by atoms with Crippen LogP contribution in [0.3, 0.4) is 0 Å². The summed E-state index contributed by atoms with van der Waals surface area (Å²) >= 11 is 0. The van der Waals surface area contributed by atoms with Crippen LogP contribution in [-0.4, -0.2) is 44.7 Å². The molecule has 0 aromatic carbocycles. The molecule has 0 unspecified atom stereocenters. The molecule has 5 nitrogen and oxygen atoms in total. The SMILES string of the molecule is C[C@H](CC(=O)[C@H](O)C(C)(C)O)C1=C2C[C@H](O)[C@H]3[C@@]4(C)CCC(=O)C(C)(C)[C@@H]4CC[C@]3(C)[C@@]2(C)CC1. The van der Waals surface area contributed by atoms with Crippen LogP contribution in [0.25, 0.3) is 0 Å². The third-order valence-electron chi connectivity index (χ3n) is 11.7. The standard InChI is InChI=1S/C30H48O5/c1-17(15-21(32)25(34)27(4,5)35)18-9-13-29(7)19(18)16-20(31)24-28(6)12-11-23(33)26(2,3)22(28)10-14-30(24,29)8/h17,20,22,24-25,31,34-35H,9-16H2,1-8H3/t17-,20+,22+,24+,25+,28+,29+,30+/m1/s1. The smallest absolute Gasteiger partial charge is 0.164 e. The van der Waals surface area contributed by atoms with E-state index < -0.39 is 17.8 Å². The summed E-state index contributed by atoms with van der Waals surface area (Å²) in [5, 5.41) is 32.2. The molecule has 0 saturated heterocycles. The molecule has 0 spiro atoms. The van der Waals surface area contributed by atoms with Crippen LogP contribution in [0.1, 0.15) is 107 Å². The Kier molecular flexibility index (Phi) is 6.35. The Morgan fingerprint density at radius 2 is 1.71 bits per heavy atom. The van der Waals surface area contributed by atoms with Gasteiger partial charge in [0.05, 0.1) is 11.7 Å². The number of rotatable bonds is 5. The summed E-state index contributed by atoms with van der Waals surface area (Å²) in [5.41, 5.74) is 0.618. The molecule has 3 saturated carbocycles. The number of carbonyl (C=O) groups is 2. The van der Waals surface area contributed by atoms with Gasteiger partial charge in [-0.25, -0.2) is 0 Å². The fraction of sp³-hybridized carbons (Fsp3) is 0.867. The number of carbonyl (C=O) groups excluding carboxylic acids is 2. The molecule has 0 aromatic rings. The number of aliphatic hydroxyl groups is 3. The van der Waals surface area contributed by atoms with Crippen molar-refractivity contribution in [3.05, 3.63) is 11.1 Å². The Labute approximate surface area is 211 Å². The third-order valence-corrected chi connectivity index (χ3v) is 11.7. The van der Waals surface area contributed by atoms with Crippen LogP contribution < -0.4 is 0 Å². The molecule has 0 amide bonds. The van der Waals surface area contributed by atoms with E-state index in [-0.39, 0.29) is 45.7 Å². The number of Topliss-reactive ketones (excluding diaryl/α,β-unsaturated/α-hetero) is 2. The van der Waals surface area contributed by atoms with E-state index in [9.17, 15) is 24.9 Å². The first-order chi connectivity index (χ1) is 15.9. The van der Waals surface area contributed by atoms with Crippen molar-refractivity contribution < 1.29 is 24.9 Å². The van der Waals surface area contributed by atoms with Crippen molar-refractivity contribution in [3.8, 4) is 0 Å². The van der Waals surface area contributed by atoms with Crippen LogP contribution >= 0.6 is 0 Å². The third kappa shape index (κ3) is 3.74. The van der Waals surface area contributed by atoms with Gasteiger partial charge in [0.1, 0.15) is 11.9 Å². The van der Waals surface area contributed by atoms with Crippen LogP contribution in [0.2, 0.25) is 0 Å². The average molecular weight is 489 g/mol. The Hall–Kier alpha value is -1.04. The summed E-state index contributed by atoms with van der Waals surface area (Å²) in [6.45, 7) is 16.4. The van der Waals surface area contributed by atoms with Gasteiger partial charge in [-0.1, -0.05) is 52.7 Å². The fourth-order valence-corrected chi connectivity index (χ4v) is 9.60. The number of ketones is 2. The van der Waals surface area contributed by atoms with Gasteiger partial charge in [0.15, 0.2) is 5.78 Å². The van der Waals surface area contributed by atoms with Crippen molar-refractivity contribution in [1.29, 1.82) is 0 Å². The number of hydrogen-bond acceptors (Lipinski definition) is 5. The maximum atomic E-state index is 12.9. The first kappa shape index (κ1) is 27.0. The van der Waals surface area contributed by atoms with E-state index in [1.54, 1.807) is 0 Å². The zero-order chi connectivity index (χ0) is 26.4. The van der Waals surface area contributed by atoms with E-state index in [1.165, 1.54) is 25.0 Å². The van der Waals surface area contributed by atoms with Crippen molar-refractivity contribution in [3.63, 3.8) is 0 Å².